The normalized spacial score (nSPS) is 11.6. The number of anilines is 1. The number of rotatable bonds is 3. The summed E-state index contributed by atoms with van der Waals surface area (Å²) < 4.78 is 31.3. The first-order valence-electron chi connectivity index (χ1n) is 4.98. The lowest BCUT2D eigenvalue weighted by Gasteiger charge is -2.04. The van der Waals surface area contributed by atoms with Crippen LogP contribution in [0.2, 0.25) is 0 Å². The number of benzene rings is 1. The van der Waals surface area contributed by atoms with Crippen LogP contribution >= 0.6 is 0 Å². The van der Waals surface area contributed by atoms with Gasteiger partial charge in [-0.05, 0) is 12.1 Å². The minimum atomic E-state index is -4.19. The van der Waals surface area contributed by atoms with Gasteiger partial charge < -0.3 is 5.73 Å². The highest BCUT2D eigenvalue weighted by atomic mass is 32.2. The molecule has 0 aliphatic heterocycles. The Morgan fingerprint density at radius 1 is 1.33 bits per heavy atom. The molecule has 0 amide bonds. The number of hydrogen-bond acceptors (Lipinski definition) is 4. The number of nitrogens with one attached hydrogen (secondary N) is 1. The van der Waals surface area contributed by atoms with E-state index in [1.165, 1.54) is 0 Å². The maximum Gasteiger partial charge on any atom is 0.271 e. The fourth-order valence-electron chi connectivity index (χ4n) is 1.59. The number of H-pyrrole nitrogens is 1. The number of aromatic amines is 1. The predicted molar refractivity (Wildman–Crippen MR) is 66.1 cm³/mol. The van der Waals surface area contributed by atoms with Crippen molar-refractivity contribution in [1.82, 2.24) is 9.78 Å². The topological polar surface area (TPSA) is 118 Å². The van der Waals surface area contributed by atoms with Crippen LogP contribution in [0, 0.1) is 0 Å². The molecule has 0 spiro atoms. The van der Waals surface area contributed by atoms with Crippen molar-refractivity contribution in [2.24, 2.45) is 0 Å². The highest BCUT2D eigenvalue weighted by molar-refractivity contribution is 7.84. The molecular formula is C10H11N3O4S. The Hall–Kier alpha value is -2.06. The molecule has 1 aromatic heterocycles. The van der Waals surface area contributed by atoms with Gasteiger partial charge in [0.1, 0.15) is 5.75 Å². The second-order valence-electron chi connectivity index (χ2n) is 3.74. The van der Waals surface area contributed by atoms with Crippen LogP contribution in [0.15, 0.2) is 35.1 Å². The zero-order valence-electron chi connectivity index (χ0n) is 9.20. The van der Waals surface area contributed by atoms with Gasteiger partial charge in [0.15, 0.2) is 0 Å². The second kappa shape index (κ2) is 4.31. The van der Waals surface area contributed by atoms with E-state index in [0.29, 0.717) is 11.4 Å². The van der Waals surface area contributed by atoms with Gasteiger partial charge in [-0.15, -0.1) is 0 Å². The van der Waals surface area contributed by atoms with Gasteiger partial charge in [0.05, 0.1) is 17.1 Å². The Labute approximate surface area is 103 Å². The van der Waals surface area contributed by atoms with Crippen LogP contribution in [0.1, 0.15) is 5.69 Å². The Balaban J connectivity index is 2.49. The Morgan fingerprint density at radius 3 is 2.61 bits per heavy atom. The first kappa shape index (κ1) is 12.4. The second-order valence-corrected chi connectivity index (χ2v) is 5.19. The van der Waals surface area contributed by atoms with E-state index in [1.54, 1.807) is 24.3 Å². The van der Waals surface area contributed by atoms with Crippen LogP contribution in [0.4, 0.5) is 5.69 Å². The first-order valence-corrected chi connectivity index (χ1v) is 6.59. The van der Waals surface area contributed by atoms with Crippen molar-refractivity contribution < 1.29 is 13.0 Å². The molecule has 2 rings (SSSR count). The minimum Gasteiger partial charge on any atom is -0.397 e. The standard InChI is InChI=1S/C10H11N3O4S/c11-8-3-1-2-4-9(8)13-10(14)5-7(12-13)6-18(15,16)17/h1-5,12H,6,11H2,(H,15,16,17). The zero-order valence-corrected chi connectivity index (χ0v) is 10.0. The quantitative estimate of drug-likeness (QED) is 0.541. The van der Waals surface area contributed by atoms with Crippen molar-refractivity contribution in [3.8, 4) is 5.69 Å². The molecule has 2 aromatic rings. The van der Waals surface area contributed by atoms with E-state index < -0.39 is 21.4 Å². The summed E-state index contributed by atoms with van der Waals surface area (Å²) in [6, 6.07) is 7.74. The van der Waals surface area contributed by atoms with E-state index in [0.717, 1.165) is 10.7 Å². The van der Waals surface area contributed by atoms with E-state index in [-0.39, 0.29) is 5.69 Å². The fourth-order valence-corrected chi connectivity index (χ4v) is 2.13. The molecule has 0 radical (unpaired) electrons. The molecule has 0 fully saturated rings. The number of hydrogen-bond donors (Lipinski definition) is 3. The van der Waals surface area contributed by atoms with Crippen molar-refractivity contribution in [3.05, 3.63) is 46.4 Å². The van der Waals surface area contributed by atoms with Gasteiger partial charge in [0.2, 0.25) is 0 Å². The van der Waals surface area contributed by atoms with Gasteiger partial charge in [-0.3, -0.25) is 14.4 Å². The Morgan fingerprint density at radius 2 is 2.00 bits per heavy atom. The van der Waals surface area contributed by atoms with Gasteiger partial charge in [-0.1, -0.05) is 12.1 Å². The number of nitrogen functional groups attached to an aromatic ring is 1. The summed E-state index contributed by atoms with van der Waals surface area (Å²) in [7, 11) is -4.19. The van der Waals surface area contributed by atoms with Crippen molar-refractivity contribution in [1.29, 1.82) is 0 Å². The van der Waals surface area contributed by atoms with Gasteiger partial charge in [0, 0.05) is 6.07 Å². The molecule has 96 valence electrons. The van der Waals surface area contributed by atoms with Crippen LogP contribution in [-0.4, -0.2) is 22.8 Å². The molecule has 0 unspecified atom stereocenters. The molecule has 1 aromatic carbocycles. The summed E-state index contributed by atoms with van der Waals surface area (Å²) in [6.07, 6.45) is 0. The smallest absolute Gasteiger partial charge is 0.271 e. The molecule has 0 saturated carbocycles. The third kappa shape index (κ3) is 2.60. The summed E-state index contributed by atoms with van der Waals surface area (Å²) in [5, 5.41) is 2.58. The maximum absolute atomic E-state index is 11.7. The summed E-state index contributed by atoms with van der Waals surface area (Å²) >= 11 is 0. The third-order valence-electron chi connectivity index (χ3n) is 2.29. The molecule has 0 atom stereocenters. The van der Waals surface area contributed by atoms with E-state index in [4.69, 9.17) is 10.3 Å². The van der Waals surface area contributed by atoms with Crippen LogP contribution in [0.3, 0.4) is 0 Å². The predicted octanol–water partition coefficient (Wildman–Crippen LogP) is 0.136. The lowest BCUT2D eigenvalue weighted by molar-refractivity contribution is 0.481. The molecule has 7 nitrogen and oxygen atoms in total. The molecule has 8 heteroatoms. The van der Waals surface area contributed by atoms with Crippen molar-refractivity contribution in [3.63, 3.8) is 0 Å². The van der Waals surface area contributed by atoms with E-state index in [9.17, 15) is 13.2 Å². The zero-order chi connectivity index (χ0) is 13.3. The number of aromatic nitrogens is 2. The first-order chi connectivity index (χ1) is 8.37. The molecule has 4 N–H and O–H groups in total. The lowest BCUT2D eigenvalue weighted by Crippen LogP contribution is -2.15. The van der Waals surface area contributed by atoms with E-state index in [2.05, 4.69) is 5.10 Å². The van der Waals surface area contributed by atoms with Crippen LogP contribution < -0.4 is 11.3 Å². The van der Waals surface area contributed by atoms with Gasteiger partial charge in [-0.25, -0.2) is 4.68 Å². The average molecular weight is 269 g/mol. The highest BCUT2D eigenvalue weighted by Crippen LogP contribution is 2.13. The molecule has 0 aliphatic rings. The summed E-state index contributed by atoms with van der Waals surface area (Å²) in [5.74, 6) is -0.651. The number of nitrogens with zero attached hydrogens (tertiary/aromatic N) is 1. The van der Waals surface area contributed by atoms with Crippen LogP contribution in [0.5, 0.6) is 0 Å². The summed E-state index contributed by atoms with van der Waals surface area (Å²) in [5.41, 5.74) is 6.14. The van der Waals surface area contributed by atoms with Crippen LogP contribution in [0.25, 0.3) is 5.69 Å². The molecule has 0 saturated heterocycles. The molecule has 1 heterocycles. The Bertz CT molecular complexity index is 730. The van der Waals surface area contributed by atoms with E-state index >= 15 is 0 Å². The fraction of sp³-hybridized carbons (Fsp3) is 0.100. The number of nitrogens with two attached hydrogens (primary N) is 1. The number of para-hydroxylation sites is 2. The minimum absolute atomic E-state index is 0.0887. The Kier molecular flexibility index (Phi) is 2.97. The molecule has 0 bridgehead atoms. The van der Waals surface area contributed by atoms with Gasteiger partial charge in [-0.2, -0.15) is 8.42 Å². The molecule has 18 heavy (non-hydrogen) atoms. The maximum atomic E-state index is 11.7. The van der Waals surface area contributed by atoms with Crippen molar-refractivity contribution in [2.45, 2.75) is 5.75 Å². The van der Waals surface area contributed by atoms with Crippen LogP contribution in [-0.2, 0) is 15.9 Å². The molecular weight excluding hydrogens is 258 g/mol. The molecule has 0 aliphatic carbocycles. The highest BCUT2D eigenvalue weighted by Gasteiger charge is 2.12. The monoisotopic (exact) mass is 269 g/mol. The van der Waals surface area contributed by atoms with Crippen molar-refractivity contribution >= 4 is 15.8 Å². The average Bonchev–Trinajstić information content (AvgIpc) is 2.57. The van der Waals surface area contributed by atoms with Gasteiger partial charge in [0.25, 0.3) is 15.7 Å². The van der Waals surface area contributed by atoms with Crippen molar-refractivity contribution in [2.75, 3.05) is 5.73 Å². The third-order valence-corrected chi connectivity index (χ3v) is 2.96. The SMILES string of the molecule is Nc1ccccc1-n1[nH]c(CS(=O)(=O)O)cc1=O. The largest absolute Gasteiger partial charge is 0.397 e. The lowest BCUT2D eigenvalue weighted by atomic mass is 10.3. The summed E-state index contributed by atoms with van der Waals surface area (Å²) in [6.45, 7) is 0. The van der Waals surface area contributed by atoms with Gasteiger partial charge >= 0.3 is 0 Å². The van der Waals surface area contributed by atoms with E-state index in [1.807, 2.05) is 0 Å². The summed E-state index contributed by atoms with van der Waals surface area (Å²) in [4.78, 5) is 11.7.